The Labute approximate surface area is 75.3 Å². The monoisotopic (exact) mass is 184 g/mol. The van der Waals surface area contributed by atoms with E-state index in [0.717, 1.165) is 18.2 Å². The molecule has 0 saturated heterocycles. The van der Waals surface area contributed by atoms with Gasteiger partial charge in [-0.3, -0.25) is 0 Å². The quantitative estimate of drug-likeness (QED) is 0.700. The molecule has 1 rings (SSSR count). The summed E-state index contributed by atoms with van der Waals surface area (Å²) in [7, 11) is 0. The highest BCUT2D eigenvalue weighted by Crippen LogP contribution is 2.18. The predicted molar refractivity (Wildman–Crippen MR) is 46.1 cm³/mol. The maximum Gasteiger partial charge on any atom is 0.129 e. The minimum Gasteiger partial charge on any atom is -0.384 e. The molecule has 1 aromatic rings. The third-order valence-electron chi connectivity index (χ3n) is 1.65. The van der Waals surface area contributed by atoms with Crippen molar-refractivity contribution in [2.24, 2.45) is 0 Å². The molecule has 1 atom stereocenters. The van der Waals surface area contributed by atoms with E-state index in [0.29, 0.717) is 0 Å². The van der Waals surface area contributed by atoms with E-state index < -0.39 is 17.7 Å². The predicted octanol–water partition coefficient (Wildman–Crippen LogP) is 2.57. The van der Waals surface area contributed by atoms with Crippen molar-refractivity contribution in [3.8, 4) is 0 Å². The number of allylic oxidation sites excluding steroid dienone is 1. The zero-order chi connectivity index (χ0) is 9.84. The van der Waals surface area contributed by atoms with Gasteiger partial charge in [-0.05, 0) is 25.1 Å². The summed E-state index contributed by atoms with van der Waals surface area (Å²) in [6.45, 7) is 1.69. The van der Waals surface area contributed by atoms with Crippen LogP contribution in [-0.4, -0.2) is 5.11 Å². The largest absolute Gasteiger partial charge is 0.384 e. The SMILES string of the molecule is C/C=C/C(O)c1cc(F)ccc1F. The Morgan fingerprint density at radius 1 is 1.38 bits per heavy atom. The van der Waals surface area contributed by atoms with Gasteiger partial charge in [-0.1, -0.05) is 12.2 Å². The molecule has 1 nitrogen and oxygen atoms in total. The minimum atomic E-state index is -1.08. The second-order valence-corrected chi connectivity index (χ2v) is 2.64. The summed E-state index contributed by atoms with van der Waals surface area (Å²) < 4.78 is 25.6. The zero-order valence-corrected chi connectivity index (χ0v) is 7.17. The molecule has 3 heteroatoms. The van der Waals surface area contributed by atoms with Crippen LogP contribution in [0.25, 0.3) is 0 Å². The highest BCUT2D eigenvalue weighted by atomic mass is 19.1. The Morgan fingerprint density at radius 3 is 2.69 bits per heavy atom. The van der Waals surface area contributed by atoms with Gasteiger partial charge in [0, 0.05) is 5.56 Å². The highest BCUT2D eigenvalue weighted by molar-refractivity contribution is 5.23. The molecular formula is C10H10F2O. The molecule has 1 aromatic carbocycles. The lowest BCUT2D eigenvalue weighted by atomic mass is 10.1. The van der Waals surface area contributed by atoms with Gasteiger partial charge in [-0.25, -0.2) is 8.78 Å². The molecule has 0 heterocycles. The molecular weight excluding hydrogens is 174 g/mol. The fourth-order valence-electron chi connectivity index (χ4n) is 1.03. The van der Waals surface area contributed by atoms with Gasteiger partial charge in [0.25, 0.3) is 0 Å². The second kappa shape index (κ2) is 4.14. The van der Waals surface area contributed by atoms with Crippen molar-refractivity contribution in [2.45, 2.75) is 13.0 Å². The number of hydrogen-bond acceptors (Lipinski definition) is 1. The van der Waals surface area contributed by atoms with Crippen LogP contribution in [0.2, 0.25) is 0 Å². The molecule has 0 amide bonds. The average molecular weight is 184 g/mol. The van der Waals surface area contributed by atoms with E-state index in [4.69, 9.17) is 0 Å². The van der Waals surface area contributed by atoms with Crippen LogP contribution in [-0.2, 0) is 0 Å². The molecule has 0 bridgehead atoms. The molecule has 0 aromatic heterocycles. The zero-order valence-electron chi connectivity index (χ0n) is 7.17. The first kappa shape index (κ1) is 9.86. The van der Waals surface area contributed by atoms with Crippen molar-refractivity contribution in [1.82, 2.24) is 0 Å². The van der Waals surface area contributed by atoms with Crippen LogP contribution in [0.4, 0.5) is 8.78 Å². The van der Waals surface area contributed by atoms with Crippen molar-refractivity contribution >= 4 is 0 Å². The third kappa shape index (κ3) is 2.36. The fourth-order valence-corrected chi connectivity index (χ4v) is 1.03. The molecule has 0 aliphatic heterocycles. The number of halogens is 2. The number of hydrogen-bond donors (Lipinski definition) is 1. The summed E-state index contributed by atoms with van der Waals surface area (Å²) in [6, 6.07) is 3.00. The van der Waals surface area contributed by atoms with Crippen molar-refractivity contribution < 1.29 is 13.9 Å². The van der Waals surface area contributed by atoms with Gasteiger partial charge in [0.2, 0.25) is 0 Å². The lowest BCUT2D eigenvalue weighted by Crippen LogP contribution is -1.97. The summed E-state index contributed by atoms with van der Waals surface area (Å²) in [5.74, 6) is -1.16. The lowest BCUT2D eigenvalue weighted by molar-refractivity contribution is 0.222. The molecule has 13 heavy (non-hydrogen) atoms. The number of aliphatic hydroxyl groups is 1. The molecule has 0 aliphatic carbocycles. The fraction of sp³-hybridized carbons (Fsp3) is 0.200. The van der Waals surface area contributed by atoms with Gasteiger partial charge in [0.05, 0.1) is 0 Å². The first-order chi connectivity index (χ1) is 6.15. The van der Waals surface area contributed by atoms with Gasteiger partial charge >= 0.3 is 0 Å². The topological polar surface area (TPSA) is 20.2 Å². The molecule has 70 valence electrons. The van der Waals surface area contributed by atoms with Crippen molar-refractivity contribution in [2.75, 3.05) is 0 Å². The summed E-state index contributed by atoms with van der Waals surface area (Å²) in [4.78, 5) is 0. The molecule has 0 radical (unpaired) electrons. The maximum absolute atomic E-state index is 13.0. The van der Waals surface area contributed by atoms with E-state index in [1.165, 1.54) is 6.08 Å². The average Bonchev–Trinajstić information content (AvgIpc) is 2.09. The van der Waals surface area contributed by atoms with Crippen LogP contribution in [0.15, 0.2) is 30.4 Å². The van der Waals surface area contributed by atoms with Crippen LogP contribution in [0.3, 0.4) is 0 Å². The van der Waals surface area contributed by atoms with Crippen molar-refractivity contribution in [1.29, 1.82) is 0 Å². The standard InChI is InChI=1S/C10H10F2O/c1-2-3-10(13)8-6-7(11)4-5-9(8)12/h2-6,10,13H,1H3/b3-2+. The number of benzene rings is 1. The number of aliphatic hydroxyl groups excluding tert-OH is 1. The van der Waals surface area contributed by atoms with Crippen LogP contribution >= 0.6 is 0 Å². The van der Waals surface area contributed by atoms with Crippen molar-refractivity contribution in [3.63, 3.8) is 0 Å². The Hall–Kier alpha value is -1.22. The van der Waals surface area contributed by atoms with E-state index in [1.54, 1.807) is 13.0 Å². The Balaban J connectivity index is 3.05. The first-order valence-corrected chi connectivity index (χ1v) is 3.91. The van der Waals surface area contributed by atoms with E-state index in [-0.39, 0.29) is 5.56 Å². The second-order valence-electron chi connectivity index (χ2n) is 2.64. The maximum atomic E-state index is 13.0. The van der Waals surface area contributed by atoms with Crippen LogP contribution in [0, 0.1) is 11.6 Å². The first-order valence-electron chi connectivity index (χ1n) is 3.91. The summed E-state index contributed by atoms with van der Waals surface area (Å²) >= 11 is 0. The summed E-state index contributed by atoms with van der Waals surface area (Å²) in [6.07, 6.45) is 1.88. The lowest BCUT2D eigenvalue weighted by Gasteiger charge is -2.06. The third-order valence-corrected chi connectivity index (χ3v) is 1.65. The molecule has 0 saturated carbocycles. The summed E-state index contributed by atoms with van der Waals surface area (Å²) in [5.41, 5.74) is -0.0434. The van der Waals surface area contributed by atoms with E-state index >= 15 is 0 Å². The van der Waals surface area contributed by atoms with Gasteiger partial charge in [-0.15, -0.1) is 0 Å². The highest BCUT2D eigenvalue weighted by Gasteiger charge is 2.10. The normalized spacial score (nSPS) is 13.5. The molecule has 0 spiro atoms. The minimum absolute atomic E-state index is 0.0434. The van der Waals surface area contributed by atoms with Gasteiger partial charge in [0.15, 0.2) is 0 Å². The van der Waals surface area contributed by atoms with E-state index in [1.807, 2.05) is 0 Å². The van der Waals surface area contributed by atoms with Crippen LogP contribution in [0.5, 0.6) is 0 Å². The van der Waals surface area contributed by atoms with Crippen molar-refractivity contribution in [3.05, 3.63) is 47.5 Å². The van der Waals surface area contributed by atoms with E-state index in [2.05, 4.69) is 0 Å². The number of rotatable bonds is 2. The van der Waals surface area contributed by atoms with Gasteiger partial charge in [0.1, 0.15) is 17.7 Å². The molecule has 1 unspecified atom stereocenters. The molecule has 0 aliphatic rings. The Kier molecular flexibility index (Phi) is 3.14. The van der Waals surface area contributed by atoms with Gasteiger partial charge in [-0.2, -0.15) is 0 Å². The Morgan fingerprint density at radius 2 is 2.08 bits per heavy atom. The molecule has 1 N–H and O–H groups in total. The van der Waals surface area contributed by atoms with Gasteiger partial charge < -0.3 is 5.11 Å². The Bertz CT molecular complexity index is 321. The van der Waals surface area contributed by atoms with E-state index in [9.17, 15) is 13.9 Å². The summed E-state index contributed by atoms with van der Waals surface area (Å²) in [5, 5.41) is 9.33. The molecule has 0 fully saturated rings. The van der Waals surface area contributed by atoms with Crippen LogP contribution < -0.4 is 0 Å². The smallest absolute Gasteiger partial charge is 0.129 e. The van der Waals surface area contributed by atoms with Crippen LogP contribution in [0.1, 0.15) is 18.6 Å².